The molecule has 6 heteroatoms. The van der Waals surface area contributed by atoms with E-state index >= 15 is 0 Å². The Bertz CT molecular complexity index is 909. The summed E-state index contributed by atoms with van der Waals surface area (Å²) in [4.78, 5) is 20.9. The summed E-state index contributed by atoms with van der Waals surface area (Å²) >= 11 is 0. The number of benzene rings is 2. The summed E-state index contributed by atoms with van der Waals surface area (Å²) in [6.07, 6.45) is -0.0199. The van der Waals surface area contributed by atoms with Crippen molar-refractivity contribution in [2.24, 2.45) is 0 Å². The molecule has 0 fully saturated rings. The first kappa shape index (κ1) is 16.7. The van der Waals surface area contributed by atoms with Crippen molar-refractivity contribution in [1.29, 1.82) is 0 Å². The molecule has 0 saturated heterocycles. The molecular weight excluding hydrogens is 318 g/mol. The van der Waals surface area contributed by atoms with Crippen LogP contribution < -0.4 is 10.1 Å². The fourth-order valence-corrected chi connectivity index (χ4v) is 2.42. The van der Waals surface area contributed by atoms with Crippen LogP contribution in [0.4, 0.5) is 11.6 Å². The number of para-hydroxylation sites is 2. The smallest absolute Gasteiger partial charge is 0.339 e. The first-order valence-corrected chi connectivity index (χ1v) is 7.96. The molecule has 0 aliphatic heterocycles. The van der Waals surface area contributed by atoms with Gasteiger partial charge in [0.05, 0.1) is 35.4 Å². The zero-order valence-electron chi connectivity index (χ0n) is 14.3. The van der Waals surface area contributed by atoms with E-state index in [4.69, 9.17) is 9.47 Å². The quantitative estimate of drug-likeness (QED) is 0.711. The van der Waals surface area contributed by atoms with Crippen molar-refractivity contribution in [3.63, 3.8) is 0 Å². The van der Waals surface area contributed by atoms with Gasteiger partial charge in [0.1, 0.15) is 0 Å². The predicted molar refractivity (Wildman–Crippen MR) is 96.4 cm³/mol. The summed E-state index contributed by atoms with van der Waals surface area (Å²) in [5.41, 5.74) is 1.74. The second-order valence-electron chi connectivity index (χ2n) is 5.70. The lowest BCUT2D eigenvalue weighted by Gasteiger charge is -2.14. The summed E-state index contributed by atoms with van der Waals surface area (Å²) in [5, 5.41) is 3.93. The lowest BCUT2D eigenvalue weighted by molar-refractivity contribution is 0.0602. The molecule has 0 spiro atoms. The van der Waals surface area contributed by atoms with E-state index in [2.05, 4.69) is 15.3 Å². The van der Waals surface area contributed by atoms with Gasteiger partial charge in [0.15, 0.2) is 0 Å². The van der Waals surface area contributed by atoms with Crippen LogP contribution in [0.25, 0.3) is 10.9 Å². The van der Waals surface area contributed by atoms with Gasteiger partial charge in [-0.25, -0.2) is 9.78 Å². The highest BCUT2D eigenvalue weighted by molar-refractivity contribution is 5.96. The molecule has 3 rings (SSSR count). The molecule has 0 radical (unpaired) electrons. The molecule has 6 nitrogen and oxygen atoms in total. The molecule has 3 aromatic rings. The number of hydrogen-bond donors (Lipinski definition) is 1. The van der Waals surface area contributed by atoms with Crippen molar-refractivity contribution in [3.8, 4) is 5.88 Å². The first-order valence-electron chi connectivity index (χ1n) is 7.96. The number of nitrogens with zero attached hydrogens (tertiary/aromatic N) is 2. The Morgan fingerprint density at radius 3 is 2.52 bits per heavy atom. The summed E-state index contributed by atoms with van der Waals surface area (Å²) < 4.78 is 10.6. The third-order valence-electron chi connectivity index (χ3n) is 3.49. The number of anilines is 2. The van der Waals surface area contributed by atoms with E-state index in [1.807, 2.05) is 44.2 Å². The van der Waals surface area contributed by atoms with Crippen molar-refractivity contribution < 1.29 is 14.3 Å². The van der Waals surface area contributed by atoms with Gasteiger partial charge in [-0.3, -0.25) is 0 Å². The van der Waals surface area contributed by atoms with Crippen molar-refractivity contribution in [1.82, 2.24) is 9.97 Å². The third-order valence-corrected chi connectivity index (χ3v) is 3.49. The topological polar surface area (TPSA) is 73.3 Å². The minimum Gasteiger partial charge on any atom is -0.474 e. The molecule has 0 bridgehead atoms. The molecule has 0 aliphatic carbocycles. The monoisotopic (exact) mass is 337 g/mol. The number of ether oxygens (including phenoxy) is 2. The molecule has 25 heavy (non-hydrogen) atoms. The zero-order valence-corrected chi connectivity index (χ0v) is 14.3. The number of hydrogen-bond acceptors (Lipinski definition) is 6. The third kappa shape index (κ3) is 3.68. The predicted octanol–water partition coefficient (Wildman–Crippen LogP) is 3.95. The maximum Gasteiger partial charge on any atom is 0.339 e. The maximum absolute atomic E-state index is 11.9. The second kappa shape index (κ2) is 7.17. The van der Waals surface area contributed by atoms with Gasteiger partial charge in [-0.2, -0.15) is 4.98 Å². The number of methoxy groups -OCH3 is 1. The lowest BCUT2D eigenvalue weighted by atomic mass is 10.2. The van der Waals surface area contributed by atoms with Crippen LogP contribution in [0.2, 0.25) is 0 Å². The minimum atomic E-state index is -0.428. The molecule has 0 atom stereocenters. The molecule has 0 saturated carbocycles. The van der Waals surface area contributed by atoms with Gasteiger partial charge in [-0.1, -0.05) is 24.3 Å². The summed E-state index contributed by atoms with van der Waals surface area (Å²) in [5.74, 6) is 0.423. The Balaban J connectivity index is 2.04. The van der Waals surface area contributed by atoms with Gasteiger partial charge >= 0.3 is 5.97 Å². The van der Waals surface area contributed by atoms with Gasteiger partial charge in [0.2, 0.25) is 11.8 Å². The van der Waals surface area contributed by atoms with Gasteiger partial charge in [-0.15, -0.1) is 0 Å². The molecule has 1 aromatic heterocycles. The highest BCUT2D eigenvalue weighted by Gasteiger charge is 2.14. The minimum absolute atomic E-state index is 0.0199. The number of carbonyl (C=O) groups excluding carboxylic acids is 1. The molecule has 2 aromatic carbocycles. The van der Waals surface area contributed by atoms with Crippen LogP contribution in [0, 0.1) is 0 Å². The fraction of sp³-hybridized carbons (Fsp3) is 0.211. The van der Waals surface area contributed by atoms with Crippen LogP contribution in [0.15, 0.2) is 48.5 Å². The molecule has 128 valence electrons. The molecule has 0 aliphatic rings. The highest BCUT2D eigenvalue weighted by Crippen LogP contribution is 2.27. The van der Waals surface area contributed by atoms with Gasteiger partial charge < -0.3 is 14.8 Å². The molecular formula is C19H19N3O3. The number of carbonyl (C=O) groups is 1. The van der Waals surface area contributed by atoms with E-state index in [0.29, 0.717) is 23.1 Å². The van der Waals surface area contributed by atoms with Crippen LogP contribution in [0.1, 0.15) is 24.2 Å². The van der Waals surface area contributed by atoms with Crippen molar-refractivity contribution in [2.45, 2.75) is 20.0 Å². The summed E-state index contributed by atoms with van der Waals surface area (Å²) in [6.45, 7) is 3.88. The summed E-state index contributed by atoms with van der Waals surface area (Å²) in [7, 11) is 1.35. The zero-order chi connectivity index (χ0) is 17.8. The lowest BCUT2D eigenvalue weighted by Crippen LogP contribution is -2.10. The molecule has 1 N–H and O–H groups in total. The van der Waals surface area contributed by atoms with E-state index in [9.17, 15) is 4.79 Å². The SMILES string of the molecule is COC(=O)c1ccccc1Nc1nc(OC(C)C)c2ccccc2n1. The first-order chi connectivity index (χ1) is 12.1. The maximum atomic E-state index is 11.9. The van der Waals surface area contributed by atoms with Gasteiger partial charge in [0, 0.05) is 0 Å². The van der Waals surface area contributed by atoms with E-state index in [1.54, 1.807) is 18.2 Å². The standard InChI is InChI=1S/C19H19N3O3/c1-12(2)25-17-13-8-4-6-10-15(13)20-19(22-17)21-16-11-7-5-9-14(16)18(23)24-3/h4-12H,1-3H3,(H,20,21,22). The number of fused-ring (bicyclic) bond motifs is 1. The van der Waals surface area contributed by atoms with E-state index in [0.717, 1.165) is 10.9 Å². The second-order valence-corrected chi connectivity index (χ2v) is 5.70. The van der Waals surface area contributed by atoms with Gasteiger partial charge in [-0.05, 0) is 38.1 Å². The van der Waals surface area contributed by atoms with Crippen LogP contribution in [0.5, 0.6) is 5.88 Å². The van der Waals surface area contributed by atoms with E-state index < -0.39 is 5.97 Å². The fourth-order valence-electron chi connectivity index (χ4n) is 2.42. The average molecular weight is 337 g/mol. The number of nitrogens with one attached hydrogen (secondary N) is 1. The van der Waals surface area contributed by atoms with Crippen LogP contribution in [0.3, 0.4) is 0 Å². The Labute approximate surface area is 145 Å². The molecule has 1 heterocycles. The van der Waals surface area contributed by atoms with E-state index in [-0.39, 0.29) is 6.10 Å². The van der Waals surface area contributed by atoms with Crippen LogP contribution in [-0.4, -0.2) is 29.2 Å². The normalized spacial score (nSPS) is 10.7. The van der Waals surface area contributed by atoms with Gasteiger partial charge in [0.25, 0.3) is 0 Å². The van der Waals surface area contributed by atoms with Crippen molar-refractivity contribution >= 4 is 28.5 Å². The molecule has 0 amide bonds. The Hall–Kier alpha value is -3.15. The van der Waals surface area contributed by atoms with E-state index in [1.165, 1.54) is 7.11 Å². The largest absolute Gasteiger partial charge is 0.474 e. The van der Waals surface area contributed by atoms with Crippen LogP contribution >= 0.6 is 0 Å². The molecule has 0 unspecified atom stereocenters. The average Bonchev–Trinajstić information content (AvgIpc) is 2.61. The van der Waals surface area contributed by atoms with Crippen LogP contribution in [-0.2, 0) is 4.74 Å². The number of aromatic nitrogens is 2. The Morgan fingerprint density at radius 1 is 1.04 bits per heavy atom. The summed E-state index contributed by atoms with van der Waals surface area (Å²) in [6, 6.07) is 14.7. The number of esters is 1. The van der Waals surface area contributed by atoms with Crippen molar-refractivity contribution in [2.75, 3.05) is 12.4 Å². The Kier molecular flexibility index (Phi) is 4.79. The Morgan fingerprint density at radius 2 is 1.76 bits per heavy atom. The number of rotatable bonds is 5. The highest BCUT2D eigenvalue weighted by atomic mass is 16.5. The van der Waals surface area contributed by atoms with Crippen molar-refractivity contribution in [3.05, 3.63) is 54.1 Å².